The molecule has 2 atom stereocenters. The molecule has 0 saturated heterocycles. The maximum atomic E-state index is 9.97. The summed E-state index contributed by atoms with van der Waals surface area (Å²) in [6.07, 6.45) is 0.524. The number of hydrogen-bond donors (Lipinski definition) is 1. The van der Waals surface area contributed by atoms with E-state index in [1.807, 2.05) is 25.1 Å². The van der Waals surface area contributed by atoms with Gasteiger partial charge in [-0.3, -0.25) is 0 Å². The highest BCUT2D eigenvalue weighted by atomic mass is 16.5. The van der Waals surface area contributed by atoms with Crippen molar-refractivity contribution in [1.82, 2.24) is 0 Å². The van der Waals surface area contributed by atoms with E-state index in [0.29, 0.717) is 13.2 Å². The summed E-state index contributed by atoms with van der Waals surface area (Å²) < 4.78 is 5.25. The van der Waals surface area contributed by atoms with Crippen LogP contribution in [0.1, 0.15) is 31.7 Å². The molecule has 84 valence electrons. The van der Waals surface area contributed by atoms with E-state index in [4.69, 9.17) is 4.74 Å². The first-order valence-corrected chi connectivity index (χ1v) is 5.60. The minimum Gasteiger partial charge on any atom is -0.390 e. The molecule has 2 heteroatoms. The first kappa shape index (κ1) is 12.2. The van der Waals surface area contributed by atoms with Crippen molar-refractivity contribution in [3.63, 3.8) is 0 Å². The molecular weight excluding hydrogens is 188 g/mol. The standard InChI is InChI=1S/C13H20O2/c1-3-12(13(14)10-15-4-2)11-8-6-5-7-9-11/h5-9,12-14H,3-4,10H2,1-2H3. The fourth-order valence-corrected chi connectivity index (χ4v) is 1.78. The smallest absolute Gasteiger partial charge is 0.0841 e. The molecule has 1 N–H and O–H groups in total. The van der Waals surface area contributed by atoms with Crippen molar-refractivity contribution in [1.29, 1.82) is 0 Å². The molecule has 0 bridgehead atoms. The van der Waals surface area contributed by atoms with E-state index >= 15 is 0 Å². The molecule has 1 rings (SSSR count). The van der Waals surface area contributed by atoms with Gasteiger partial charge in [0.1, 0.15) is 0 Å². The Morgan fingerprint density at radius 2 is 1.87 bits per heavy atom. The number of rotatable bonds is 6. The van der Waals surface area contributed by atoms with Crippen LogP contribution in [0.3, 0.4) is 0 Å². The molecule has 0 spiro atoms. The van der Waals surface area contributed by atoms with Crippen LogP contribution in [-0.2, 0) is 4.74 Å². The van der Waals surface area contributed by atoms with Gasteiger partial charge in [0.2, 0.25) is 0 Å². The maximum Gasteiger partial charge on any atom is 0.0841 e. The average molecular weight is 208 g/mol. The minimum atomic E-state index is -0.405. The fraction of sp³-hybridized carbons (Fsp3) is 0.538. The van der Waals surface area contributed by atoms with Gasteiger partial charge < -0.3 is 9.84 Å². The minimum absolute atomic E-state index is 0.178. The number of aliphatic hydroxyl groups is 1. The zero-order valence-electron chi connectivity index (χ0n) is 9.52. The number of benzene rings is 1. The highest BCUT2D eigenvalue weighted by molar-refractivity contribution is 5.20. The van der Waals surface area contributed by atoms with Gasteiger partial charge in [-0.25, -0.2) is 0 Å². The molecule has 2 nitrogen and oxygen atoms in total. The second-order valence-corrected chi connectivity index (χ2v) is 3.65. The average Bonchev–Trinajstić information content (AvgIpc) is 2.29. The molecule has 1 aromatic rings. The van der Waals surface area contributed by atoms with Gasteiger partial charge in [0.25, 0.3) is 0 Å². The molecule has 0 saturated carbocycles. The lowest BCUT2D eigenvalue weighted by molar-refractivity contribution is 0.0265. The van der Waals surface area contributed by atoms with Crippen molar-refractivity contribution in [2.75, 3.05) is 13.2 Å². The van der Waals surface area contributed by atoms with Crippen LogP contribution >= 0.6 is 0 Å². The topological polar surface area (TPSA) is 29.5 Å². The van der Waals surface area contributed by atoms with Gasteiger partial charge in [0.15, 0.2) is 0 Å². The highest BCUT2D eigenvalue weighted by Gasteiger charge is 2.18. The molecule has 0 amide bonds. The summed E-state index contributed by atoms with van der Waals surface area (Å²) in [5, 5.41) is 9.97. The van der Waals surface area contributed by atoms with Crippen LogP contribution in [0.5, 0.6) is 0 Å². The van der Waals surface area contributed by atoms with Gasteiger partial charge in [-0.05, 0) is 18.9 Å². The zero-order chi connectivity index (χ0) is 11.1. The Balaban J connectivity index is 2.63. The predicted octanol–water partition coefficient (Wildman–Crippen LogP) is 2.58. The van der Waals surface area contributed by atoms with Crippen LogP contribution in [0.2, 0.25) is 0 Å². The number of hydrogen-bond acceptors (Lipinski definition) is 2. The molecule has 0 aliphatic heterocycles. The molecule has 15 heavy (non-hydrogen) atoms. The van der Waals surface area contributed by atoms with Crippen LogP contribution in [0.25, 0.3) is 0 Å². The van der Waals surface area contributed by atoms with Gasteiger partial charge in [0, 0.05) is 12.5 Å². The van der Waals surface area contributed by atoms with Crippen molar-refractivity contribution in [2.24, 2.45) is 0 Å². The summed E-state index contributed by atoms with van der Waals surface area (Å²) in [6.45, 7) is 5.11. The Hall–Kier alpha value is -0.860. The van der Waals surface area contributed by atoms with Gasteiger partial charge in [0.05, 0.1) is 12.7 Å². The Bertz CT molecular complexity index is 258. The largest absolute Gasteiger partial charge is 0.390 e. The van der Waals surface area contributed by atoms with Crippen molar-refractivity contribution in [3.05, 3.63) is 35.9 Å². The van der Waals surface area contributed by atoms with Crippen LogP contribution in [0.15, 0.2) is 30.3 Å². The summed E-state index contributed by atoms with van der Waals surface area (Å²) in [5.74, 6) is 0.178. The van der Waals surface area contributed by atoms with Gasteiger partial charge in [-0.2, -0.15) is 0 Å². The zero-order valence-corrected chi connectivity index (χ0v) is 9.52. The third kappa shape index (κ3) is 3.65. The molecule has 0 aromatic heterocycles. The van der Waals surface area contributed by atoms with Crippen LogP contribution in [-0.4, -0.2) is 24.4 Å². The van der Waals surface area contributed by atoms with E-state index in [1.165, 1.54) is 5.56 Å². The first-order valence-electron chi connectivity index (χ1n) is 5.60. The van der Waals surface area contributed by atoms with Gasteiger partial charge in [-0.1, -0.05) is 37.3 Å². The first-order chi connectivity index (χ1) is 7.29. The van der Waals surface area contributed by atoms with Gasteiger partial charge >= 0.3 is 0 Å². The molecule has 0 aliphatic rings. The highest BCUT2D eigenvalue weighted by Crippen LogP contribution is 2.23. The molecule has 0 radical (unpaired) electrons. The summed E-state index contributed by atoms with van der Waals surface area (Å²) in [7, 11) is 0. The van der Waals surface area contributed by atoms with Crippen LogP contribution < -0.4 is 0 Å². The molecule has 0 heterocycles. The van der Waals surface area contributed by atoms with E-state index in [0.717, 1.165) is 6.42 Å². The summed E-state index contributed by atoms with van der Waals surface area (Å²) >= 11 is 0. The maximum absolute atomic E-state index is 9.97. The van der Waals surface area contributed by atoms with Crippen molar-refractivity contribution in [2.45, 2.75) is 32.3 Å². The Morgan fingerprint density at radius 3 is 2.40 bits per heavy atom. The monoisotopic (exact) mass is 208 g/mol. The predicted molar refractivity (Wildman–Crippen MR) is 62.0 cm³/mol. The van der Waals surface area contributed by atoms with Crippen LogP contribution in [0, 0.1) is 0 Å². The van der Waals surface area contributed by atoms with E-state index in [-0.39, 0.29) is 5.92 Å². The Labute approximate surface area is 91.9 Å². The molecule has 1 aromatic carbocycles. The van der Waals surface area contributed by atoms with Crippen molar-refractivity contribution in [3.8, 4) is 0 Å². The number of ether oxygens (including phenoxy) is 1. The summed E-state index contributed by atoms with van der Waals surface area (Å²) in [6, 6.07) is 10.1. The Morgan fingerprint density at radius 1 is 1.20 bits per heavy atom. The Kier molecular flexibility index (Phi) is 5.37. The lowest BCUT2D eigenvalue weighted by atomic mass is 9.91. The van der Waals surface area contributed by atoms with E-state index in [2.05, 4.69) is 19.1 Å². The van der Waals surface area contributed by atoms with E-state index in [1.54, 1.807) is 0 Å². The van der Waals surface area contributed by atoms with E-state index < -0.39 is 6.10 Å². The SMILES string of the molecule is CCOCC(O)C(CC)c1ccccc1. The summed E-state index contributed by atoms with van der Waals surface area (Å²) in [4.78, 5) is 0. The number of aliphatic hydroxyl groups excluding tert-OH is 1. The molecule has 0 aliphatic carbocycles. The fourth-order valence-electron chi connectivity index (χ4n) is 1.78. The normalized spacial score (nSPS) is 14.9. The molecule has 2 unspecified atom stereocenters. The van der Waals surface area contributed by atoms with Crippen molar-refractivity contribution < 1.29 is 9.84 Å². The second-order valence-electron chi connectivity index (χ2n) is 3.65. The van der Waals surface area contributed by atoms with Crippen molar-refractivity contribution >= 4 is 0 Å². The third-order valence-corrected chi connectivity index (χ3v) is 2.62. The lowest BCUT2D eigenvalue weighted by Crippen LogP contribution is -2.23. The lowest BCUT2D eigenvalue weighted by Gasteiger charge is -2.21. The third-order valence-electron chi connectivity index (χ3n) is 2.62. The van der Waals surface area contributed by atoms with Gasteiger partial charge in [-0.15, -0.1) is 0 Å². The van der Waals surface area contributed by atoms with E-state index in [9.17, 15) is 5.11 Å². The quantitative estimate of drug-likeness (QED) is 0.778. The summed E-state index contributed by atoms with van der Waals surface area (Å²) in [5.41, 5.74) is 1.19. The van der Waals surface area contributed by atoms with Crippen LogP contribution in [0.4, 0.5) is 0 Å². The molecule has 0 fully saturated rings. The second kappa shape index (κ2) is 6.59. The molecular formula is C13H20O2.